The van der Waals surface area contributed by atoms with Crippen LogP contribution in [-0.2, 0) is 0 Å². The lowest BCUT2D eigenvalue weighted by atomic mass is 10.1. The maximum atomic E-state index is 12.0. The minimum atomic E-state index is -0.107. The highest BCUT2D eigenvalue weighted by atomic mass is 32.1. The first-order chi connectivity index (χ1) is 9.19. The molecule has 1 aromatic heterocycles. The summed E-state index contributed by atoms with van der Waals surface area (Å²) in [5.74, 6) is 5.67. The Labute approximate surface area is 116 Å². The fraction of sp³-hybridized carbons (Fsp3) is 0.133. The summed E-state index contributed by atoms with van der Waals surface area (Å²) < 4.78 is 0. The SMILES string of the molecule is Cc1cc(C#CCN)cc(NC(=O)c2ccsc2)c1. The topological polar surface area (TPSA) is 55.1 Å². The molecule has 0 saturated heterocycles. The number of hydrogen-bond acceptors (Lipinski definition) is 3. The normalized spacial score (nSPS) is 9.58. The number of thiophene rings is 1. The average Bonchev–Trinajstić information content (AvgIpc) is 2.89. The van der Waals surface area contributed by atoms with Gasteiger partial charge < -0.3 is 11.1 Å². The van der Waals surface area contributed by atoms with E-state index in [1.165, 1.54) is 11.3 Å². The fourth-order valence-electron chi connectivity index (χ4n) is 1.68. The highest BCUT2D eigenvalue weighted by molar-refractivity contribution is 7.08. The third-order valence-electron chi connectivity index (χ3n) is 2.45. The van der Waals surface area contributed by atoms with Crippen LogP contribution in [0.3, 0.4) is 0 Å². The van der Waals surface area contributed by atoms with Crippen molar-refractivity contribution in [2.75, 3.05) is 11.9 Å². The van der Waals surface area contributed by atoms with Crippen LogP contribution in [0.15, 0.2) is 35.0 Å². The molecule has 0 saturated carbocycles. The molecule has 0 bridgehead atoms. The van der Waals surface area contributed by atoms with Crippen LogP contribution in [0.1, 0.15) is 21.5 Å². The lowest BCUT2D eigenvalue weighted by molar-refractivity contribution is 0.102. The molecule has 3 N–H and O–H groups in total. The van der Waals surface area contributed by atoms with Crippen LogP contribution in [0.5, 0.6) is 0 Å². The standard InChI is InChI=1S/C15H14N2OS/c1-11-7-12(3-2-5-16)9-14(8-11)17-15(18)13-4-6-19-10-13/h4,6-10H,5,16H2,1H3,(H,17,18). The molecule has 0 radical (unpaired) electrons. The Morgan fingerprint density at radius 3 is 2.95 bits per heavy atom. The molecule has 4 heteroatoms. The highest BCUT2D eigenvalue weighted by Gasteiger charge is 2.06. The van der Waals surface area contributed by atoms with Crippen molar-refractivity contribution in [2.45, 2.75) is 6.92 Å². The summed E-state index contributed by atoms with van der Waals surface area (Å²) >= 11 is 1.50. The van der Waals surface area contributed by atoms with Crippen LogP contribution in [0.25, 0.3) is 0 Å². The first-order valence-electron chi connectivity index (χ1n) is 5.83. The fourth-order valence-corrected chi connectivity index (χ4v) is 2.31. The monoisotopic (exact) mass is 270 g/mol. The molecule has 0 aliphatic carbocycles. The second kappa shape index (κ2) is 6.19. The molecule has 96 valence electrons. The maximum Gasteiger partial charge on any atom is 0.256 e. The Hall–Kier alpha value is -2.09. The van der Waals surface area contributed by atoms with Gasteiger partial charge in [-0.15, -0.1) is 0 Å². The van der Waals surface area contributed by atoms with Gasteiger partial charge in [0.05, 0.1) is 12.1 Å². The predicted molar refractivity (Wildman–Crippen MR) is 79.4 cm³/mol. The zero-order valence-corrected chi connectivity index (χ0v) is 11.4. The summed E-state index contributed by atoms with van der Waals surface area (Å²) in [5.41, 5.74) is 8.67. The van der Waals surface area contributed by atoms with Crippen LogP contribution in [0, 0.1) is 18.8 Å². The first kappa shape index (κ1) is 13.3. The number of nitrogens with one attached hydrogen (secondary N) is 1. The number of anilines is 1. The van der Waals surface area contributed by atoms with E-state index in [4.69, 9.17) is 5.73 Å². The van der Waals surface area contributed by atoms with E-state index in [9.17, 15) is 4.79 Å². The quantitative estimate of drug-likeness (QED) is 0.824. The first-order valence-corrected chi connectivity index (χ1v) is 6.77. The van der Waals surface area contributed by atoms with Gasteiger partial charge in [-0.1, -0.05) is 11.8 Å². The number of hydrogen-bond donors (Lipinski definition) is 2. The summed E-state index contributed by atoms with van der Waals surface area (Å²) in [6.45, 7) is 2.29. The number of benzene rings is 1. The van der Waals surface area contributed by atoms with E-state index >= 15 is 0 Å². The second-order valence-electron chi connectivity index (χ2n) is 4.06. The van der Waals surface area contributed by atoms with Crippen molar-refractivity contribution in [1.29, 1.82) is 0 Å². The summed E-state index contributed by atoms with van der Waals surface area (Å²) in [7, 11) is 0. The molecule has 2 aromatic rings. The smallest absolute Gasteiger partial charge is 0.256 e. The van der Waals surface area contributed by atoms with Crippen LogP contribution in [0.2, 0.25) is 0 Å². The van der Waals surface area contributed by atoms with Crippen molar-refractivity contribution in [3.63, 3.8) is 0 Å². The molecule has 0 aliphatic heterocycles. The van der Waals surface area contributed by atoms with E-state index in [2.05, 4.69) is 17.2 Å². The number of carbonyl (C=O) groups excluding carboxylic acids is 1. The number of rotatable bonds is 2. The zero-order chi connectivity index (χ0) is 13.7. The minimum Gasteiger partial charge on any atom is -0.322 e. The third kappa shape index (κ3) is 3.68. The summed E-state index contributed by atoms with van der Waals surface area (Å²) in [6.07, 6.45) is 0. The maximum absolute atomic E-state index is 12.0. The Morgan fingerprint density at radius 1 is 1.42 bits per heavy atom. The molecule has 0 unspecified atom stereocenters. The molecule has 3 nitrogen and oxygen atoms in total. The summed E-state index contributed by atoms with van der Waals surface area (Å²) in [5, 5.41) is 6.57. The van der Waals surface area contributed by atoms with Gasteiger partial charge in [0.1, 0.15) is 0 Å². The zero-order valence-electron chi connectivity index (χ0n) is 10.6. The molecule has 1 amide bonds. The van der Waals surface area contributed by atoms with Crippen LogP contribution < -0.4 is 11.1 Å². The van der Waals surface area contributed by atoms with Gasteiger partial charge in [-0.25, -0.2) is 0 Å². The van der Waals surface area contributed by atoms with Gasteiger partial charge in [-0.3, -0.25) is 4.79 Å². The van der Waals surface area contributed by atoms with Crippen molar-refractivity contribution in [1.82, 2.24) is 0 Å². The number of amides is 1. The van der Waals surface area contributed by atoms with E-state index in [0.717, 1.165) is 16.8 Å². The largest absolute Gasteiger partial charge is 0.322 e. The van der Waals surface area contributed by atoms with Crippen LogP contribution >= 0.6 is 11.3 Å². The summed E-state index contributed by atoms with van der Waals surface area (Å²) in [4.78, 5) is 12.0. The minimum absolute atomic E-state index is 0.107. The van der Waals surface area contributed by atoms with Gasteiger partial charge >= 0.3 is 0 Å². The molecular weight excluding hydrogens is 256 g/mol. The lowest BCUT2D eigenvalue weighted by Gasteiger charge is -2.06. The van der Waals surface area contributed by atoms with E-state index in [1.807, 2.05) is 35.9 Å². The van der Waals surface area contributed by atoms with Crippen molar-refractivity contribution in [2.24, 2.45) is 5.73 Å². The second-order valence-corrected chi connectivity index (χ2v) is 4.84. The highest BCUT2D eigenvalue weighted by Crippen LogP contribution is 2.16. The van der Waals surface area contributed by atoms with E-state index in [-0.39, 0.29) is 5.91 Å². The van der Waals surface area contributed by atoms with Gasteiger partial charge in [-0.2, -0.15) is 11.3 Å². The van der Waals surface area contributed by atoms with Gasteiger partial charge in [0.25, 0.3) is 5.91 Å². The van der Waals surface area contributed by atoms with E-state index in [1.54, 1.807) is 6.07 Å². The van der Waals surface area contributed by atoms with Crippen molar-refractivity contribution >= 4 is 22.9 Å². The lowest BCUT2D eigenvalue weighted by Crippen LogP contribution is -2.11. The third-order valence-corrected chi connectivity index (χ3v) is 3.14. The van der Waals surface area contributed by atoms with Gasteiger partial charge in [0, 0.05) is 16.6 Å². The van der Waals surface area contributed by atoms with Gasteiger partial charge in [0.15, 0.2) is 0 Å². The molecular formula is C15H14N2OS. The molecule has 2 rings (SSSR count). The Kier molecular flexibility index (Phi) is 4.35. The van der Waals surface area contributed by atoms with E-state index < -0.39 is 0 Å². The van der Waals surface area contributed by atoms with Crippen molar-refractivity contribution < 1.29 is 4.79 Å². The number of nitrogens with two attached hydrogens (primary N) is 1. The van der Waals surface area contributed by atoms with Crippen molar-refractivity contribution in [3.05, 3.63) is 51.7 Å². The molecule has 0 atom stereocenters. The predicted octanol–water partition coefficient (Wildman–Crippen LogP) is 2.62. The number of carbonyl (C=O) groups is 1. The molecule has 0 fully saturated rings. The Balaban J connectivity index is 2.20. The van der Waals surface area contributed by atoms with Gasteiger partial charge in [0.2, 0.25) is 0 Å². The molecule has 1 heterocycles. The van der Waals surface area contributed by atoms with Crippen LogP contribution in [-0.4, -0.2) is 12.5 Å². The van der Waals surface area contributed by atoms with E-state index in [0.29, 0.717) is 12.1 Å². The Bertz CT molecular complexity index is 636. The Morgan fingerprint density at radius 2 is 2.26 bits per heavy atom. The molecule has 1 aromatic carbocycles. The van der Waals surface area contributed by atoms with Crippen molar-refractivity contribution in [3.8, 4) is 11.8 Å². The van der Waals surface area contributed by atoms with Crippen LogP contribution in [0.4, 0.5) is 5.69 Å². The molecule has 0 spiro atoms. The van der Waals surface area contributed by atoms with Gasteiger partial charge in [-0.05, 0) is 42.1 Å². The number of aryl methyl sites for hydroxylation is 1. The molecule has 19 heavy (non-hydrogen) atoms. The summed E-state index contributed by atoms with van der Waals surface area (Å²) in [6, 6.07) is 7.52. The average molecular weight is 270 g/mol. The molecule has 0 aliphatic rings.